The monoisotopic (exact) mass is 377 g/mol. The predicted octanol–water partition coefficient (Wildman–Crippen LogP) is 4.32. The summed E-state index contributed by atoms with van der Waals surface area (Å²) in [5, 5.41) is -0.551. The van der Waals surface area contributed by atoms with Gasteiger partial charge in [0.25, 0.3) is 0 Å². The topological polar surface area (TPSA) is 62.9 Å². The van der Waals surface area contributed by atoms with Crippen LogP contribution < -0.4 is 24.5 Å². The zero-order chi connectivity index (χ0) is 19.2. The molecule has 0 bridgehead atoms. The summed E-state index contributed by atoms with van der Waals surface area (Å²) in [4.78, 5) is 0. The quantitative estimate of drug-likeness (QED) is 0.660. The number of hydrogen-bond donors (Lipinski definition) is 1. The van der Waals surface area contributed by atoms with E-state index in [1.165, 1.54) is 0 Å². The molecule has 6 heteroatoms. The van der Waals surface area contributed by atoms with Gasteiger partial charge in [0, 0.05) is 0 Å². The third-order valence-corrected chi connectivity index (χ3v) is 5.82. The van der Waals surface area contributed by atoms with E-state index in [9.17, 15) is 0 Å². The van der Waals surface area contributed by atoms with Crippen molar-refractivity contribution in [3.8, 4) is 23.0 Å². The highest BCUT2D eigenvalue weighted by atomic mass is 31.1. The molecule has 1 atom stereocenters. The smallest absolute Gasteiger partial charge is 0.127 e. The zero-order valence-corrected chi connectivity index (χ0v) is 17.1. The third kappa shape index (κ3) is 3.46. The highest BCUT2D eigenvalue weighted by Gasteiger charge is 2.42. The van der Waals surface area contributed by atoms with Crippen molar-refractivity contribution >= 4 is 8.73 Å². The third-order valence-electron chi connectivity index (χ3n) is 4.58. The minimum Gasteiger partial charge on any atom is -0.496 e. The van der Waals surface area contributed by atoms with Gasteiger partial charge in [0.05, 0.1) is 44.7 Å². The van der Waals surface area contributed by atoms with Crippen LogP contribution in [0, 0.1) is 0 Å². The highest BCUT2D eigenvalue weighted by Crippen LogP contribution is 2.58. The molecule has 0 heterocycles. The second kappa shape index (κ2) is 9.11. The predicted molar refractivity (Wildman–Crippen MR) is 107 cm³/mol. The molecule has 0 aliphatic heterocycles. The number of hydrogen-bond acceptors (Lipinski definition) is 5. The maximum atomic E-state index is 6.46. The van der Waals surface area contributed by atoms with Crippen LogP contribution in [-0.4, -0.2) is 28.4 Å². The van der Waals surface area contributed by atoms with Gasteiger partial charge in [-0.2, -0.15) is 0 Å². The van der Waals surface area contributed by atoms with Crippen LogP contribution in [0.4, 0.5) is 0 Å². The molecule has 0 radical (unpaired) electrons. The van der Waals surface area contributed by atoms with E-state index in [1.807, 2.05) is 36.4 Å². The van der Waals surface area contributed by atoms with E-state index in [2.05, 4.69) is 6.92 Å². The van der Waals surface area contributed by atoms with Crippen LogP contribution in [0.2, 0.25) is 0 Å². The molecule has 142 valence electrons. The number of nitrogens with two attached hydrogens (primary N) is 1. The Morgan fingerprint density at radius 1 is 0.769 bits per heavy atom. The molecule has 2 aromatic carbocycles. The Labute approximate surface area is 157 Å². The van der Waals surface area contributed by atoms with Crippen LogP contribution in [0.15, 0.2) is 36.4 Å². The van der Waals surface area contributed by atoms with Crippen molar-refractivity contribution in [2.75, 3.05) is 28.4 Å². The minimum absolute atomic E-state index is 0.0585. The molecule has 0 fully saturated rings. The first-order valence-electron chi connectivity index (χ1n) is 8.54. The minimum atomic E-state index is -0.551. The summed E-state index contributed by atoms with van der Waals surface area (Å²) in [6.07, 6.45) is 1.72. The van der Waals surface area contributed by atoms with Crippen molar-refractivity contribution in [2.24, 2.45) is 5.50 Å². The Morgan fingerprint density at radius 3 is 1.35 bits per heavy atom. The molecule has 5 nitrogen and oxygen atoms in total. The molecule has 0 spiro atoms. The zero-order valence-electron chi connectivity index (χ0n) is 16.1. The molecule has 0 aromatic heterocycles. The van der Waals surface area contributed by atoms with Gasteiger partial charge in [-0.15, -0.1) is 0 Å². The van der Waals surface area contributed by atoms with Crippen molar-refractivity contribution in [2.45, 2.75) is 24.9 Å². The second-order valence-electron chi connectivity index (χ2n) is 5.87. The number of ether oxygens (including phenoxy) is 4. The van der Waals surface area contributed by atoms with Crippen molar-refractivity contribution in [1.29, 1.82) is 0 Å². The maximum absolute atomic E-state index is 6.46. The van der Waals surface area contributed by atoms with Gasteiger partial charge in [-0.25, -0.2) is 0 Å². The van der Waals surface area contributed by atoms with Crippen molar-refractivity contribution in [1.82, 2.24) is 0 Å². The number of rotatable bonds is 9. The maximum Gasteiger partial charge on any atom is 0.127 e. The van der Waals surface area contributed by atoms with Gasteiger partial charge < -0.3 is 24.5 Å². The summed E-state index contributed by atoms with van der Waals surface area (Å²) in [5.41, 5.74) is 8.31. The first kappa shape index (κ1) is 20.3. The Hall–Kier alpha value is -1.97. The SMILES string of the molecule is CCCC(PN)(c1c(OC)cccc1OC)c1c(OC)cccc1OC. The van der Waals surface area contributed by atoms with E-state index in [-0.39, 0.29) is 8.73 Å². The first-order valence-corrected chi connectivity index (χ1v) is 9.61. The average molecular weight is 377 g/mol. The number of benzene rings is 2. The van der Waals surface area contributed by atoms with Crippen LogP contribution in [0.25, 0.3) is 0 Å². The van der Waals surface area contributed by atoms with Crippen LogP contribution in [-0.2, 0) is 5.16 Å². The molecule has 2 rings (SSSR count). The Bertz CT molecular complexity index is 636. The van der Waals surface area contributed by atoms with E-state index < -0.39 is 5.16 Å². The summed E-state index contributed by atoms with van der Waals surface area (Å²) >= 11 is 0. The fourth-order valence-electron chi connectivity index (χ4n) is 3.51. The van der Waals surface area contributed by atoms with Gasteiger partial charge in [0.15, 0.2) is 0 Å². The molecule has 2 aromatic rings. The van der Waals surface area contributed by atoms with Crippen molar-refractivity contribution in [3.05, 3.63) is 47.5 Å². The summed E-state index contributed by atoms with van der Waals surface area (Å²) in [5.74, 6) is 2.96. The van der Waals surface area contributed by atoms with Crippen molar-refractivity contribution in [3.63, 3.8) is 0 Å². The van der Waals surface area contributed by atoms with E-state index in [1.54, 1.807) is 28.4 Å². The molecule has 0 amide bonds. The highest BCUT2D eigenvalue weighted by molar-refractivity contribution is 7.37. The Kier molecular flexibility index (Phi) is 7.13. The Morgan fingerprint density at radius 2 is 1.12 bits per heavy atom. The summed E-state index contributed by atoms with van der Waals surface area (Å²) in [6, 6.07) is 11.6. The van der Waals surface area contributed by atoms with Gasteiger partial charge in [-0.1, -0.05) is 25.5 Å². The fourth-order valence-corrected chi connectivity index (χ4v) is 4.69. The van der Waals surface area contributed by atoms with E-state index in [0.29, 0.717) is 0 Å². The number of methoxy groups -OCH3 is 4. The normalized spacial score (nSPS) is 11.6. The largest absolute Gasteiger partial charge is 0.496 e. The van der Waals surface area contributed by atoms with Gasteiger partial charge in [0.1, 0.15) is 23.0 Å². The lowest BCUT2D eigenvalue weighted by Crippen LogP contribution is -2.27. The molecule has 0 aliphatic carbocycles. The molecule has 0 saturated carbocycles. The molecule has 26 heavy (non-hydrogen) atoms. The molecule has 0 aliphatic rings. The molecule has 2 N–H and O–H groups in total. The van der Waals surface area contributed by atoms with Crippen LogP contribution in [0.5, 0.6) is 23.0 Å². The van der Waals surface area contributed by atoms with Gasteiger partial charge in [0.2, 0.25) is 0 Å². The van der Waals surface area contributed by atoms with E-state index in [4.69, 9.17) is 24.5 Å². The fraction of sp³-hybridized carbons (Fsp3) is 0.400. The molecular formula is C20H28NO4P. The summed E-state index contributed by atoms with van der Waals surface area (Å²) in [7, 11) is 6.70. The van der Waals surface area contributed by atoms with Crippen LogP contribution >= 0.6 is 8.73 Å². The molecule has 1 unspecified atom stereocenters. The second-order valence-corrected chi connectivity index (χ2v) is 7.02. The van der Waals surface area contributed by atoms with Crippen molar-refractivity contribution < 1.29 is 18.9 Å². The summed E-state index contributed by atoms with van der Waals surface area (Å²) in [6.45, 7) is 2.14. The van der Waals surface area contributed by atoms with Crippen LogP contribution in [0.1, 0.15) is 30.9 Å². The lowest BCUT2D eigenvalue weighted by molar-refractivity contribution is 0.359. The van der Waals surface area contributed by atoms with E-state index in [0.717, 1.165) is 47.0 Å². The lowest BCUT2D eigenvalue weighted by Gasteiger charge is -2.37. The van der Waals surface area contributed by atoms with Gasteiger partial charge in [-0.3, -0.25) is 0 Å². The molecule has 0 saturated heterocycles. The van der Waals surface area contributed by atoms with Crippen LogP contribution in [0.3, 0.4) is 0 Å². The molecular weight excluding hydrogens is 349 g/mol. The van der Waals surface area contributed by atoms with E-state index >= 15 is 0 Å². The summed E-state index contributed by atoms with van der Waals surface area (Å²) < 4.78 is 22.8. The van der Waals surface area contributed by atoms with Gasteiger partial charge >= 0.3 is 0 Å². The lowest BCUT2D eigenvalue weighted by atomic mass is 9.84. The standard InChI is InChI=1S/C20H28NO4P/c1-6-13-20(26-21,18-14(22-2)9-7-10-15(18)23-3)19-16(24-4)11-8-12-17(19)25-5/h7-12,26H,6,13,21H2,1-5H3. The first-order chi connectivity index (χ1) is 12.6. The Balaban J connectivity index is 2.94. The van der Waals surface area contributed by atoms with Gasteiger partial charge in [-0.05, 0) is 39.4 Å². The average Bonchev–Trinajstić information content (AvgIpc) is 2.70.